The number of nitrogens with zero attached hydrogens (tertiary/aromatic N) is 1. The number of nitrogens with one attached hydrogen (secondary N) is 1. The minimum Gasteiger partial charge on any atom is -0.497 e. The van der Waals surface area contributed by atoms with Crippen molar-refractivity contribution in [2.24, 2.45) is 35.5 Å². The third-order valence-electron chi connectivity index (χ3n) is 6.23. The number of rotatable bonds is 3. The van der Waals surface area contributed by atoms with Gasteiger partial charge in [-0.05, 0) is 54.4 Å². The number of hydrogen-bond donors (Lipinski definition) is 1. The average molecular weight is 338 g/mol. The maximum Gasteiger partial charge on any atom is 0.270 e. The van der Waals surface area contributed by atoms with Gasteiger partial charge in [-0.1, -0.05) is 12.2 Å². The molecule has 0 aromatic heterocycles. The molecule has 0 spiro atoms. The van der Waals surface area contributed by atoms with Crippen LogP contribution in [-0.2, 0) is 9.59 Å². The van der Waals surface area contributed by atoms with E-state index in [1.54, 1.807) is 31.4 Å². The maximum atomic E-state index is 12.8. The number of carbonyl (C=O) groups is 3. The smallest absolute Gasteiger partial charge is 0.270 e. The monoisotopic (exact) mass is 338 g/mol. The molecule has 2 saturated carbocycles. The summed E-state index contributed by atoms with van der Waals surface area (Å²) in [6, 6.07) is 6.54. The Morgan fingerprint density at radius 1 is 1.04 bits per heavy atom. The molecule has 1 aromatic rings. The highest BCUT2D eigenvalue weighted by Crippen LogP contribution is 2.65. The molecule has 2 bridgehead atoms. The van der Waals surface area contributed by atoms with Gasteiger partial charge in [0.05, 0.1) is 18.9 Å². The van der Waals surface area contributed by atoms with Gasteiger partial charge < -0.3 is 4.74 Å². The van der Waals surface area contributed by atoms with Gasteiger partial charge >= 0.3 is 0 Å². The number of allylic oxidation sites excluding steroid dienone is 2. The zero-order chi connectivity index (χ0) is 17.3. The van der Waals surface area contributed by atoms with Gasteiger partial charge in [-0.2, -0.15) is 5.01 Å². The summed E-state index contributed by atoms with van der Waals surface area (Å²) in [6.07, 6.45) is 5.34. The molecule has 3 amide bonds. The number of amides is 3. The van der Waals surface area contributed by atoms with E-state index in [2.05, 4.69) is 17.6 Å². The van der Waals surface area contributed by atoms with Crippen LogP contribution in [0.15, 0.2) is 36.4 Å². The summed E-state index contributed by atoms with van der Waals surface area (Å²) in [4.78, 5) is 38.1. The van der Waals surface area contributed by atoms with E-state index in [0.29, 0.717) is 23.1 Å². The van der Waals surface area contributed by atoms with Crippen LogP contribution in [0.5, 0.6) is 5.75 Å². The average Bonchev–Trinajstić information content (AvgIpc) is 3.43. The van der Waals surface area contributed by atoms with Crippen LogP contribution in [0.2, 0.25) is 0 Å². The van der Waals surface area contributed by atoms with Crippen LogP contribution in [0, 0.1) is 35.5 Å². The summed E-state index contributed by atoms with van der Waals surface area (Å²) in [5.41, 5.74) is 2.89. The summed E-state index contributed by atoms with van der Waals surface area (Å²) in [7, 11) is 1.55. The Balaban J connectivity index is 1.37. The minimum atomic E-state index is -0.464. The van der Waals surface area contributed by atoms with Gasteiger partial charge in [0, 0.05) is 5.56 Å². The van der Waals surface area contributed by atoms with E-state index in [4.69, 9.17) is 4.74 Å². The lowest BCUT2D eigenvalue weighted by atomic mass is 9.63. The predicted octanol–water partition coefficient (Wildman–Crippen LogP) is 1.39. The second-order valence-electron chi connectivity index (χ2n) is 7.34. The molecule has 1 aliphatic heterocycles. The van der Waals surface area contributed by atoms with Crippen molar-refractivity contribution in [2.45, 2.75) is 6.42 Å². The Kier molecular flexibility index (Phi) is 2.90. The van der Waals surface area contributed by atoms with Crippen LogP contribution in [-0.4, -0.2) is 29.8 Å². The first-order chi connectivity index (χ1) is 12.1. The molecule has 6 heteroatoms. The second kappa shape index (κ2) is 4.94. The topological polar surface area (TPSA) is 75.7 Å². The number of imide groups is 1. The Morgan fingerprint density at radius 2 is 1.60 bits per heavy atom. The van der Waals surface area contributed by atoms with Crippen molar-refractivity contribution >= 4 is 17.7 Å². The minimum absolute atomic E-state index is 0.152. The summed E-state index contributed by atoms with van der Waals surface area (Å²) >= 11 is 0. The lowest BCUT2D eigenvalue weighted by Gasteiger charge is -2.37. The fourth-order valence-corrected chi connectivity index (χ4v) is 4.98. The van der Waals surface area contributed by atoms with Crippen molar-refractivity contribution in [1.29, 1.82) is 0 Å². The molecule has 0 radical (unpaired) electrons. The van der Waals surface area contributed by atoms with Crippen molar-refractivity contribution in [3.8, 4) is 5.75 Å². The lowest BCUT2D eigenvalue weighted by molar-refractivity contribution is -0.143. The number of carbonyl (C=O) groups excluding carboxylic acids is 3. The molecule has 128 valence electrons. The van der Waals surface area contributed by atoms with Crippen molar-refractivity contribution in [3.63, 3.8) is 0 Å². The largest absolute Gasteiger partial charge is 0.497 e. The molecule has 6 rings (SSSR count). The molecular weight excluding hydrogens is 320 g/mol. The van der Waals surface area contributed by atoms with Gasteiger partial charge in [0.1, 0.15) is 5.75 Å². The molecule has 6 nitrogen and oxygen atoms in total. The Bertz CT molecular complexity index is 779. The van der Waals surface area contributed by atoms with E-state index < -0.39 is 5.91 Å². The van der Waals surface area contributed by atoms with Gasteiger partial charge in [-0.3, -0.25) is 19.8 Å². The van der Waals surface area contributed by atoms with Crippen LogP contribution < -0.4 is 10.2 Å². The van der Waals surface area contributed by atoms with E-state index in [1.807, 2.05) is 0 Å². The lowest BCUT2D eigenvalue weighted by Crippen LogP contribution is -2.46. The van der Waals surface area contributed by atoms with Crippen molar-refractivity contribution < 1.29 is 19.1 Å². The fraction of sp³-hybridized carbons (Fsp3) is 0.421. The predicted molar refractivity (Wildman–Crippen MR) is 87.0 cm³/mol. The van der Waals surface area contributed by atoms with Crippen LogP contribution >= 0.6 is 0 Å². The van der Waals surface area contributed by atoms with Gasteiger partial charge in [-0.25, -0.2) is 0 Å². The van der Waals surface area contributed by atoms with Crippen LogP contribution in [0.3, 0.4) is 0 Å². The molecule has 5 aliphatic rings. The van der Waals surface area contributed by atoms with Gasteiger partial charge in [0.15, 0.2) is 0 Å². The summed E-state index contributed by atoms with van der Waals surface area (Å²) < 4.78 is 5.07. The van der Waals surface area contributed by atoms with Crippen molar-refractivity contribution in [3.05, 3.63) is 42.0 Å². The Labute approximate surface area is 144 Å². The third kappa shape index (κ3) is 1.94. The third-order valence-corrected chi connectivity index (χ3v) is 6.23. The first kappa shape index (κ1) is 14.7. The van der Waals surface area contributed by atoms with E-state index in [1.165, 1.54) is 0 Å². The van der Waals surface area contributed by atoms with E-state index in [9.17, 15) is 14.4 Å². The molecule has 0 unspecified atom stereocenters. The molecule has 6 atom stereocenters. The van der Waals surface area contributed by atoms with E-state index in [0.717, 1.165) is 11.4 Å². The molecule has 25 heavy (non-hydrogen) atoms. The molecule has 1 N–H and O–H groups in total. The first-order valence-electron chi connectivity index (χ1n) is 8.61. The molecule has 1 heterocycles. The Hall–Kier alpha value is -2.63. The van der Waals surface area contributed by atoms with E-state index >= 15 is 0 Å². The maximum absolute atomic E-state index is 12.8. The fourth-order valence-electron chi connectivity index (χ4n) is 4.98. The summed E-state index contributed by atoms with van der Waals surface area (Å²) in [6.45, 7) is 0. The Morgan fingerprint density at radius 3 is 2.12 bits per heavy atom. The summed E-state index contributed by atoms with van der Waals surface area (Å²) in [5.74, 6) is 0.438. The highest BCUT2D eigenvalue weighted by Gasteiger charge is 2.67. The van der Waals surface area contributed by atoms with E-state index in [-0.39, 0.29) is 35.5 Å². The highest BCUT2D eigenvalue weighted by molar-refractivity contribution is 6.08. The quantitative estimate of drug-likeness (QED) is 0.668. The first-order valence-corrected chi connectivity index (χ1v) is 8.61. The number of methoxy groups -OCH3 is 1. The second-order valence-corrected chi connectivity index (χ2v) is 7.34. The number of hydrogen-bond acceptors (Lipinski definition) is 4. The molecular formula is C19H18N2O4. The normalized spacial score (nSPS) is 36.9. The SMILES string of the molecule is COc1ccc(C(=O)NN2C(=O)[C@@H]3[C@@H]4C=C[C@H]([C@H]5C[C@H]45)[C@@H]3C2=O)cc1. The zero-order valence-corrected chi connectivity index (χ0v) is 13.7. The zero-order valence-electron chi connectivity index (χ0n) is 13.7. The molecule has 1 saturated heterocycles. The highest BCUT2D eigenvalue weighted by atomic mass is 16.5. The van der Waals surface area contributed by atoms with Gasteiger partial charge in [0.25, 0.3) is 17.7 Å². The molecule has 4 aliphatic carbocycles. The number of hydrazine groups is 1. The standard InChI is InChI=1S/C19H18N2O4/c1-25-10-4-2-9(3-5-10)17(22)20-21-18(23)15-11-6-7-12(14-8-13(11)14)16(15)19(21)24/h2-7,11-16H,8H2,1H3,(H,20,22)/t11-,12-,13-,14-,15-,16+/m1/s1. The van der Waals surface area contributed by atoms with Crippen LogP contribution in [0.4, 0.5) is 0 Å². The van der Waals surface area contributed by atoms with Gasteiger partial charge in [0.2, 0.25) is 0 Å². The number of ether oxygens (including phenoxy) is 1. The van der Waals surface area contributed by atoms with Crippen molar-refractivity contribution in [1.82, 2.24) is 10.4 Å². The van der Waals surface area contributed by atoms with Crippen LogP contribution in [0.25, 0.3) is 0 Å². The number of benzene rings is 1. The summed E-state index contributed by atoms with van der Waals surface area (Å²) in [5, 5.41) is 0.958. The van der Waals surface area contributed by atoms with Crippen molar-refractivity contribution in [2.75, 3.05) is 7.11 Å². The molecule has 1 aromatic carbocycles. The van der Waals surface area contributed by atoms with Crippen LogP contribution in [0.1, 0.15) is 16.8 Å². The molecule has 3 fully saturated rings. The van der Waals surface area contributed by atoms with Gasteiger partial charge in [-0.15, -0.1) is 0 Å².